The van der Waals surface area contributed by atoms with Gasteiger partial charge in [0.1, 0.15) is 0 Å². The molecule has 2 N–H and O–H groups in total. The molecule has 0 aliphatic heterocycles. The van der Waals surface area contributed by atoms with Crippen molar-refractivity contribution in [1.82, 2.24) is 5.32 Å². The van der Waals surface area contributed by atoms with Crippen molar-refractivity contribution >= 4 is 5.91 Å². The zero-order valence-corrected chi connectivity index (χ0v) is 8.29. The predicted octanol–water partition coefficient (Wildman–Crippen LogP) is 1.32. The van der Waals surface area contributed by atoms with Crippen LogP contribution in [0.2, 0.25) is 0 Å². The predicted molar refractivity (Wildman–Crippen MR) is 55.0 cm³/mol. The molecule has 0 bridgehead atoms. The van der Waals surface area contributed by atoms with E-state index in [0.717, 1.165) is 6.42 Å². The Hall–Kier alpha value is -1.35. The standard InChI is InChI=1S/C11H15NO2/c1-2-7-12-11(14)10-6-4-3-5-9(10)8-13/h3-6,13H,2,7-8H2,1H3,(H,12,14). The van der Waals surface area contributed by atoms with E-state index in [-0.39, 0.29) is 12.5 Å². The molecule has 0 aromatic heterocycles. The smallest absolute Gasteiger partial charge is 0.251 e. The number of carbonyl (C=O) groups is 1. The number of hydrogen-bond acceptors (Lipinski definition) is 2. The Balaban J connectivity index is 2.78. The highest BCUT2D eigenvalue weighted by Crippen LogP contribution is 2.08. The van der Waals surface area contributed by atoms with Crippen LogP contribution in [0.15, 0.2) is 24.3 Å². The summed E-state index contributed by atoms with van der Waals surface area (Å²) in [7, 11) is 0. The second-order valence-corrected chi connectivity index (χ2v) is 3.07. The minimum atomic E-state index is -0.114. The van der Waals surface area contributed by atoms with Crippen LogP contribution < -0.4 is 5.32 Å². The minimum absolute atomic E-state index is 0.101. The number of rotatable bonds is 4. The van der Waals surface area contributed by atoms with Gasteiger partial charge in [0.2, 0.25) is 0 Å². The van der Waals surface area contributed by atoms with E-state index in [2.05, 4.69) is 5.32 Å². The number of aliphatic hydroxyl groups is 1. The second kappa shape index (κ2) is 5.40. The molecule has 0 aliphatic rings. The number of aliphatic hydroxyl groups excluding tert-OH is 1. The third-order valence-electron chi connectivity index (χ3n) is 1.97. The molecule has 1 amide bonds. The second-order valence-electron chi connectivity index (χ2n) is 3.07. The first-order valence-electron chi connectivity index (χ1n) is 4.76. The average molecular weight is 193 g/mol. The van der Waals surface area contributed by atoms with Crippen LogP contribution in [0.5, 0.6) is 0 Å². The normalized spacial score (nSPS) is 9.86. The molecule has 1 rings (SSSR count). The average Bonchev–Trinajstić information content (AvgIpc) is 2.25. The summed E-state index contributed by atoms with van der Waals surface area (Å²) in [6.45, 7) is 2.56. The highest BCUT2D eigenvalue weighted by atomic mass is 16.3. The van der Waals surface area contributed by atoms with Crippen molar-refractivity contribution in [1.29, 1.82) is 0 Å². The summed E-state index contributed by atoms with van der Waals surface area (Å²) >= 11 is 0. The van der Waals surface area contributed by atoms with Crippen molar-refractivity contribution in [2.45, 2.75) is 20.0 Å². The Kier molecular flexibility index (Phi) is 4.13. The zero-order chi connectivity index (χ0) is 10.4. The van der Waals surface area contributed by atoms with E-state index in [0.29, 0.717) is 17.7 Å². The van der Waals surface area contributed by atoms with Gasteiger partial charge in [-0.15, -0.1) is 0 Å². The van der Waals surface area contributed by atoms with Gasteiger partial charge in [0.25, 0.3) is 5.91 Å². The molecule has 1 aromatic carbocycles. The highest BCUT2D eigenvalue weighted by Gasteiger charge is 2.08. The van der Waals surface area contributed by atoms with Crippen LogP contribution in [0.3, 0.4) is 0 Å². The third kappa shape index (κ3) is 2.57. The maximum Gasteiger partial charge on any atom is 0.251 e. The lowest BCUT2D eigenvalue weighted by atomic mass is 10.1. The third-order valence-corrected chi connectivity index (χ3v) is 1.97. The van der Waals surface area contributed by atoms with Crippen LogP contribution in [-0.4, -0.2) is 17.6 Å². The van der Waals surface area contributed by atoms with Crippen molar-refractivity contribution in [3.63, 3.8) is 0 Å². The maximum atomic E-state index is 11.6. The first kappa shape index (κ1) is 10.7. The van der Waals surface area contributed by atoms with E-state index in [1.54, 1.807) is 18.2 Å². The molecule has 3 heteroatoms. The summed E-state index contributed by atoms with van der Waals surface area (Å²) in [5.74, 6) is -0.114. The van der Waals surface area contributed by atoms with E-state index >= 15 is 0 Å². The molecular formula is C11H15NO2. The van der Waals surface area contributed by atoms with Gasteiger partial charge in [-0.1, -0.05) is 25.1 Å². The molecule has 14 heavy (non-hydrogen) atoms. The first-order chi connectivity index (χ1) is 6.79. The summed E-state index contributed by atoms with van der Waals surface area (Å²) in [6, 6.07) is 7.07. The number of carbonyl (C=O) groups excluding carboxylic acids is 1. The van der Waals surface area contributed by atoms with Gasteiger partial charge < -0.3 is 10.4 Å². The maximum absolute atomic E-state index is 11.6. The van der Waals surface area contributed by atoms with Crippen LogP contribution in [0.4, 0.5) is 0 Å². The molecule has 76 valence electrons. The fourth-order valence-electron chi connectivity index (χ4n) is 1.21. The Bertz CT molecular complexity index is 310. The van der Waals surface area contributed by atoms with Gasteiger partial charge in [-0.3, -0.25) is 4.79 Å². The van der Waals surface area contributed by atoms with Gasteiger partial charge in [-0.05, 0) is 18.1 Å². The van der Waals surface area contributed by atoms with Gasteiger partial charge in [0, 0.05) is 12.1 Å². The number of benzene rings is 1. The van der Waals surface area contributed by atoms with Crippen molar-refractivity contribution in [3.8, 4) is 0 Å². The number of hydrogen-bond donors (Lipinski definition) is 2. The largest absolute Gasteiger partial charge is 0.392 e. The molecule has 3 nitrogen and oxygen atoms in total. The Morgan fingerprint density at radius 3 is 2.79 bits per heavy atom. The molecule has 0 radical (unpaired) electrons. The van der Waals surface area contributed by atoms with Crippen LogP contribution >= 0.6 is 0 Å². The highest BCUT2D eigenvalue weighted by molar-refractivity contribution is 5.95. The summed E-state index contributed by atoms with van der Waals surface area (Å²) in [5, 5.41) is 11.8. The van der Waals surface area contributed by atoms with Crippen LogP contribution in [0.1, 0.15) is 29.3 Å². The van der Waals surface area contributed by atoms with E-state index in [1.165, 1.54) is 0 Å². The molecule has 0 saturated heterocycles. The van der Waals surface area contributed by atoms with E-state index in [4.69, 9.17) is 5.11 Å². The number of nitrogens with one attached hydrogen (secondary N) is 1. The van der Waals surface area contributed by atoms with Crippen LogP contribution in [-0.2, 0) is 6.61 Å². The Labute approximate surface area is 83.8 Å². The zero-order valence-electron chi connectivity index (χ0n) is 8.29. The molecule has 0 unspecified atom stereocenters. The fourth-order valence-corrected chi connectivity index (χ4v) is 1.21. The molecule has 0 heterocycles. The SMILES string of the molecule is CCCNC(=O)c1ccccc1CO. The van der Waals surface area contributed by atoms with Gasteiger partial charge in [-0.25, -0.2) is 0 Å². The first-order valence-corrected chi connectivity index (χ1v) is 4.76. The fraction of sp³-hybridized carbons (Fsp3) is 0.364. The number of amides is 1. The molecule has 0 aliphatic carbocycles. The van der Waals surface area contributed by atoms with Crippen molar-refractivity contribution < 1.29 is 9.90 Å². The summed E-state index contributed by atoms with van der Waals surface area (Å²) in [6.07, 6.45) is 0.910. The van der Waals surface area contributed by atoms with Crippen molar-refractivity contribution in [2.75, 3.05) is 6.54 Å². The molecule has 0 fully saturated rings. The summed E-state index contributed by atoms with van der Waals surface area (Å²) in [4.78, 5) is 11.6. The molecule has 0 atom stereocenters. The van der Waals surface area contributed by atoms with E-state index < -0.39 is 0 Å². The molecular weight excluding hydrogens is 178 g/mol. The Morgan fingerprint density at radius 1 is 1.43 bits per heavy atom. The lowest BCUT2D eigenvalue weighted by Gasteiger charge is -2.06. The quantitative estimate of drug-likeness (QED) is 0.757. The van der Waals surface area contributed by atoms with Crippen LogP contribution in [0, 0.1) is 0 Å². The Morgan fingerprint density at radius 2 is 2.14 bits per heavy atom. The molecule has 1 aromatic rings. The van der Waals surface area contributed by atoms with Crippen molar-refractivity contribution in [3.05, 3.63) is 35.4 Å². The van der Waals surface area contributed by atoms with E-state index in [9.17, 15) is 4.79 Å². The molecule has 0 spiro atoms. The minimum Gasteiger partial charge on any atom is -0.392 e. The van der Waals surface area contributed by atoms with Gasteiger partial charge in [0.05, 0.1) is 6.61 Å². The van der Waals surface area contributed by atoms with Crippen LogP contribution in [0.25, 0.3) is 0 Å². The molecule has 0 saturated carbocycles. The van der Waals surface area contributed by atoms with Gasteiger partial charge in [0.15, 0.2) is 0 Å². The van der Waals surface area contributed by atoms with E-state index in [1.807, 2.05) is 13.0 Å². The summed E-state index contributed by atoms with van der Waals surface area (Å²) < 4.78 is 0. The summed E-state index contributed by atoms with van der Waals surface area (Å²) in [5.41, 5.74) is 1.23. The van der Waals surface area contributed by atoms with Crippen molar-refractivity contribution in [2.24, 2.45) is 0 Å². The topological polar surface area (TPSA) is 49.3 Å². The lowest BCUT2D eigenvalue weighted by molar-refractivity contribution is 0.0950. The van der Waals surface area contributed by atoms with Gasteiger partial charge in [-0.2, -0.15) is 0 Å². The monoisotopic (exact) mass is 193 g/mol. The lowest BCUT2D eigenvalue weighted by Crippen LogP contribution is -2.25. The van der Waals surface area contributed by atoms with Gasteiger partial charge >= 0.3 is 0 Å².